The molecule has 0 aromatic carbocycles. The van der Waals surface area contributed by atoms with Crippen molar-refractivity contribution < 1.29 is 0 Å². The molecule has 0 bridgehead atoms. The van der Waals surface area contributed by atoms with E-state index in [4.69, 9.17) is 0 Å². The van der Waals surface area contributed by atoms with Crippen LogP contribution in [-0.4, -0.2) is 22.0 Å². The van der Waals surface area contributed by atoms with Crippen molar-refractivity contribution in [3.63, 3.8) is 0 Å². The number of rotatable bonds is 2. The number of nitrogens with one attached hydrogen (secondary N) is 1. The van der Waals surface area contributed by atoms with E-state index < -0.39 is 0 Å². The van der Waals surface area contributed by atoms with Gasteiger partial charge in [0.2, 0.25) is 0 Å². The Morgan fingerprint density at radius 2 is 2.12 bits per heavy atom. The Labute approximate surface area is 102 Å². The summed E-state index contributed by atoms with van der Waals surface area (Å²) in [5.41, 5.74) is 2.06. The number of halogens is 1. The molecule has 4 nitrogen and oxygen atoms in total. The molecule has 2 aromatic heterocycles. The van der Waals surface area contributed by atoms with E-state index in [1.54, 1.807) is 18.6 Å². The van der Waals surface area contributed by atoms with Crippen molar-refractivity contribution in [2.45, 2.75) is 6.92 Å². The minimum Gasteiger partial charge on any atom is -0.372 e. The number of nitrogens with zero attached hydrogens (tertiary/aromatic N) is 3. The highest BCUT2D eigenvalue weighted by Crippen LogP contribution is 2.23. The maximum atomic E-state index is 4.41. The van der Waals surface area contributed by atoms with Crippen molar-refractivity contribution >= 4 is 21.7 Å². The van der Waals surface area contributed by atoms with Gasteiger partial charge in [-0.2, -0.15) is 0 Å². The second kappa shape index (κ2) is 4.57. The zero-order valence-corrected chi connectivity index (χ0v) is 10.6. The van der Waals surface area contributed by atoms with Gasteiger partial charge in [-0.15, -0.1) is 0 Å². The summed E-state index contributed by atoms with van der Waals surface area (Å²) in [5.74, 6) is 1.45. The molecule has 82 valence electrons. The van der Waals surface area contributed by atoms with E-state index in [2.05, 4.69) is 36.2 Å². The van der Waals surface area contributed by atoms with Gasteiger partial charge in [0.25, 0.3) is 0 Å². The highest BCUT2D eigenvalue weighted by molar-refractivity contribution is 9.10. The summed E-state index contributed by atoms with van der Waals surface area (Å²) in [6, 6.07) is 1.94. The maximum absolute atomic E-state index is 4.41. The maximum Gasteiger partial charge on any atom is 0.163 e. The van der Waals surface area contributed by atoms with Crippen LogP contribution in [0.4, 0.5) is 5.82 Å². The monoisotopic (exact) mass is 278 g/mol. The normalized spacial score (nSPS) is 10.2. The fourth-order valence-electron chi connectivity index (χ4n) is 1.37. The number of hydrogen-bond acceptors (Lipinski definition) is 4. The Morgan fingerprint density at radius 3 is 2.81 bits per heavy atom. The van der Waals surface area contributed by atoms with E-state index in [1.165, 1.54) is 0 Å². The van der Waals surface area contributed by atoms with Gasteiger partial charge in [0.1, 0.15) is 5.82 Å². The van der Waals surface area contributed by atoms with Gasteiger partial charge < -0.3 is 5.32 Å². The zero-order valence-electron chi connectivity index (χ0n) is 9.03. The summed E-state index contributed by atoms with van der Waals surface area (Å²) in [4.78, 5) is 12.8. The summed E-state index contributed by atoms with van der Waals surface area (Å²) >= 11 is 3.38. The first-order chi connectivity index (χ1) is 7.72. The fourth-order valence-corrected chi connectivity index (χ4v) is 1.76. The third kappa shape index (κ3) is 2.04. The van der Waals surface area contributed by atoms with Crippen LogP contribution in [0.15, 0.2) is 29.1 Å². The molecule has 0 unspecified atom stereocenters. The molecule has 0 saturated heterocycles. The molecule has 0 radical (unpaired) electrons. The van der Waals surface area contributed by atoms with Gasteiger partial charge >= 0.3 is 0 Å². The first-order valence-electron chi connectivity index (χ1n) is 4.83. The third-order valence-corrected chi connectivity index (χ3v) is 2.84. The fraction of sp³-hybridized carbons (Fsp3) is 0.182. The van der Waals surface area contributed by atoms with Gasteiger partial charge in [0.15, 0.2) is 5.82 Å². The molecular formula is C11H11BrN4. The third-order valence-electron chi connectivity index (χ3n) is 2.26. The molecule has 0 aliphatic rings. The topological polar surface area (TPSA) is 50.7 Å². The molecule has 0 aliphatic carbocycles. The Hall–Kier alpha value is -1.49. The van der Waals surface area contributed by atoms with Gasteiger partial charge in [0, 0.05) is 31.2 Å². The van der Waals surface area contributed by atoms with E-state index in [0.717, 1.165) is 21.4 Å². The first-order valence-corrected chi connectivity index (χ1v) is 5.63. The minimum atomic E-state index is 0.679. The molecule has 5 heteroatoms. The molecule has 0 saturated carbocycles. The van der Waals surface area contributed by atoms with Crippen LogP contribution in [0.3, 0.4) is 0 Å². The lowest BCUT2D eigenvalue weighted by molar-refractivity contribution is 1.13. The molecule has 0 spiro atoms. The lowest BCUT2D eigenvalue weighted by Crippen LogP contribution is -1.98. The molecule has 2 aromatic rings. The van der Waals surface area contributed by atoms with Crippen molar-refractivity contribution in [3.05, 3.63) is 34.7 Å². The smallest absolute Gasteiger partial charge is 0.163 e. The quantitative estimate of drug-likeness (QED) is 0.918. The Kier molecular flexibility index (Phi) is 3.14. The second-order valence-electron chi connectivity index (χ2n) is 3.33. The van der Waals surface area contributed by atoms with E-state index in [0.29, 0.717) is 5.82 Å². The lowest BCUT2D eigenvalue weighted by Gasteiger charge is -2.06. The Balaban J connectivity index is 2.53. The van der Waals surface area contributed by atoms with Gasteiger partial charge in [-0.1, -0.05) is 0 Å². The molecule has 16 heavy (non-hydrogen) atoms. The summed E-state index contributed by atoms with van der Waals surface area (Å²) in [7, 11) is 1.83. The van der Waals surface area contributed by atoms with Crippen molar-refractivity contribution in [3.8, 4) is 11.4 Å². The van der Waals surface area contributed by atoms with Gasteiger partial charge in [0.05, 0.1) is 4.47 Å². The molecular weight excluding hydrogens is 268 g/mol. The van der Waals surface area contributed by atoms with Crippen LogP contribution in [0, 0.1) is 6.92 Å². The Bertz CT molecular complexity index is 513. The van der Waals surface area contributed by atoms with Gasteiger partial charge in [-0.25, -0.2) is 9.97 Å². The molecule has 2 rings (SSSR count). The largest absolute Gasteiger partial charge is 0.372 e. The summed E-state index contributed by atoms with van der Waals surface area (Å²) in [5, 5.41) is 3.01. The van der Waals surface area contributed by atoms with Crippen LogP contribution in [-0.2, 0) is 0 Å². The molecule has 0 amide bonds. The van der Waals surface area contributed by atoms with Gasteiger partial charge in [-0.3, -0.25) is 4.98 Å². The number of pyridine rings is 1. The Morgan fingerprint density at radius 1 is 1.31 bits per heavy atom. The number of aryl methyl sites for hydroxylation is 1. The van der Waals surface area contributed by atoms with Crippen molar-refractivity contribution in [1.82, 2.24) is 15.0 Å². The van der Waals surface area contributed by atoms with Crippen LogP contribution in [0.25, 0.3) is 11.4 Å². The van der Waals surface area contributed by atoms with Crippen LogP contribution >= 0.6 is 15.9 Å². The van der Waals surface area contributed by atoms with E-state index in [1.807, 2.05) is 20.0 Å². The summed E-state index contributed by atoms with van der Waals surface area (Å²) < 4.78 is 0.847. The second-order valence-corrected chi connectivity index (χ2v) is 4.19. The highest BCUT2D eigenvalue weighted by atomic mass is 79.9. The predicted molar refractivity (Wildman–Crippen MR) is 67.2 cm³/mol. The molecule has 0 atom stereocenters. The lowest BCUT2D eigenvalue weighted by atomic mass is 10.1. The SMILES string of the molecule is CNc1nc(-c2cnccc2C)ncc1Br. The number of anilines is 1. The molecule has 0 fully saturated rings. The van der Waals surface area contributed by atoms with Crippen LogP contribution in [0.1, 0.15) is 5.56 Å². The van der Waals surface area contributed by atoms with E-state index in [-0.39, 0.29) is 0 Å². The zero-order chi connectivity index (χ0) is 11.5. The summed E-state index contributed by atoms with van der Waals surface area (Å²) in [6.07, 6.45) is 5.27. The van der Waals surface area contributed by atoms with Crippen LogP contribution in [0.2, 0.25) is 0 Å². The van der Waals surface area contributed by atoms with E-state index in [9.17, 15) is 0 Å². The first kappa shape index (κ1) is 11.0. The van der Waals surface area contributed by atoms with E-state index >= 15 is 0 Å². The van der Waals surface area contributed by atoms with Crippen LogP contribution < -0.4 is 5.32 Å². The standard InChI is InChI=1S/C11H11BrN4/c1-7-3-4-14-5-8(7)10-15-6-9(12)11(13-2)16-10/h3-6H,1-2H3,(H,13,15,16). The summed E-state index contributed by atoms with van der Waals surface area (Å²) in [6.45, 7) is 2.02. The number of aromatic nitrogens is 3. The number of hydrogen-bond donors (Lipinski definition) is 1. The molecule has 0 aliphatic heterocycles. The average Bonchev–Trinajstić information content (AvgIpc) is 2.31. The van der Waals surface area contributed by atoms with Gasteiger partial charge in [-0.05, 0) is 34.5 Å². The predicted octanol–water partition coefficient (Wildman–Crippen LogP) is 2.65. The molecule has 1 N–H and O–H groups in total. The molecule has 2 heterocycles. The van der Waals surface area contributed by atoms with Crippen molar-refractivity contribution in [2.24, 2.45) is 0 Å². The van der Waals surface area contributed by atoms with Crippen molar-refractivity contribution in [1.29, 1.82) is 0 Å². The highest BCUT2D eigenvalue weighted by Gasteiger charge is 2.07. The average molecular weight is 279 g/mol. The van der Waals surface area contributed by atoms with Crippen LogP contribution in [0.5, 0.6) is 0 Å². The minimum absolute atomic E-state index is 0.679. The van der Waals surface area contributed by atoms with Crippen molar-refractivity contribution in [2.75, 3.05) is 12.4 Å².